The number of aromatic amines is 1. The Balaban J connectivity index is 2.34. The molecule has 16 heavy (non-hydrogen) atoms. The van der Waals surface area contributed by atoms with Crippen LogP contribution in [0.25, 0.3) is 22.2 Å². The van der Waals surface area contributed by atoms with E-state index >= 15 is 0 Å². The minimum absolute atomic E-state index is 0.196. The van der Waals surface area contributed by atoms with E-state index in [1.54, 1.807) is 18.3 Å². The normalized spacial score (nSPS) is 11.0. The van der Waals surface area contributed by atoms with Crippen LogP contribution in [0.15, 0.2) is 35.1 Å². The van der Waals surface area contributed by atoms with E-state index in [-0.39, 0.29) is 5.75 Å². The van der Waals surface area contributed by atoms with Crippen molar-refractivity contribution in [2.45, 2.75) is 0 Å². The molecule has 3 rings (SSSR count). The fraction of sp³-hybridized carbons (Fsp3) is 0. The molecule has 5 heteroatoms. The number of hydrogen-bond donors (Lipinski definition) is 3. The maximum atomic E-state index is 9.64. The van der Waals surface area contributed by atoms with Gasteiger partial charge in [-0.05, 0) is 6.07 Å². The van der Waals surface area contributed by atoms with Crippen molar-refractivity contribution in [3.63, 3.8) is 0 Å². The molecule has 0 saturated heterocycles. The van der Waals surface area contributed by atoms with Crippen LogP contribution in [0.4, 0.5) is 5.69 Å². The minimum atomic E-state index is 0.196. The number of nitrogens with one attached hydrogen (secondary N) is 1. The minimum Gasteiger partial charge on any atom is -0.506 e. The van der Waals surface area contributed by atoms with E-state index in [0.29, 0.717) is 17.0 Å². The van der Waals surface area contributed by atoms with Crippen LogP contribution in [-0.2, 0) is 0 Å². The van der Waals surface area contributed by atoms with Crippen molar-refractivity contribution >= 4 is 16.6 Å². The molecule has 5 nitrogen and oxygen atoms in total. The van der Waals surface area contributed by atoms with Crippen molar-refractivity contribution in [1.82, 2.24) is 10.1 Å². The number of fused-ring (bicyclic) bond motifs is 1. The van der Waals surface area contributed by atoms with Crippen LogP contribution in [0, 0.1) is 0 Å². The van der Waals surface area contributed by atoms with Crippen LogP contribution < -0.4 is 5.73 Å². The highest BCUT2D eigenvalue weighted by atomic mass is 16.5. The maximum absolute atomic E-state index is 9.64. The lowest BCUT2D eigenvalue weighted by Gasteiger charge is -1.96. The van der Waals surface area contributed by atoms with Gasteiger partial charge in [0.2, 0.25) is 0 Å². The van der Waals surface area contributed by atoms with E-state index in [9.17, 15) is 5.11 Å². The first-order valence-corrected chi connectivity index (χ1v) is 4.77. The number of anilines is 1. The van der Waals surface area contributed by atoms with Gasteiger partial charge in [0.25, 0.3) is 0 Å². The van der Waals surface area contributed by atoms with Crippen LogP contribution in [0.1, 0.15) is 0 Å². The smallest absolute Gasteiger partial charge is 0.191 e. The van der Waals surface area contributed by atoms with Crippen molar-refractivity contribution in [3.8, 4) is 17.1 Å². The lowest BCUT2D eigenvalue weighted by Crippen LogP contribution is -1.83. The van der Waals surface area contributed by atoms with Gasteiger partial charge in [-0.15, -0.1) is 0 Å². The zero-order valence-electron chi connectivity index (χ0n) is 8.27. The second-order valence-corrected chi connectivity index (χ2v) is 3.51. The first-order chi connectivity index (χ1) is 7.77. The third kappa shape index (κ3) is 1.08. The summed E-state index contributed by atoms with van der Waals surface area (Å²) in [6.45, 7) is 0. The molecule has 80 valence electrons. The Kier molecular flexibility index (Phi) is 1.67. The molecule has 0 bridgehead atoms. The van der Waals surface area contributed by atoms with E-state index in [4.69, 9.17) is 10.3 Å². The number of aromatic hydroxyl groups is 1. The molecule has 0 aliphatic heterocycles. The van der Waals surface area contributed by atoms with Gasteiger partial charge in [-0.2, -0.15) is 0 Å². The van der Waals surface area contributed by atoms with Crippen molar-refractivity contribution in [1.29, 1.82) is 0 Å². The van der Waals surface area contributed by atoms with Gasteiger partial charge in [0, 0.05) is 17.1 Å². The van der Waals surface area contributed by atoms with Crippen LogP contribution in [0.3, 0.4) is 0 Å². The van der Waals surface area contributed by atoms with Gasteiger partial charge < -0.3 is 20.3 Å². The molecule has 0 unspecified atom stereocenters. The lowest BCUT2D eigenvalue weighted by atomic mass is 10.1. The van der Waals surface area contributed by atoms with E-state index < -0.39 is 0 Å². The molecule has 0 saturated carbocycles. The van der Waals surface area contributed by atoms with Crippen LogP contribution in [-0.4, -0.2) is 15.2 Å². The van der Waals surface area contributed by atoms with E-state index in [1.165, 1.54) is 6.20 Å². The summed E-state index contributed by atoms with van der Waals surface area (Å²) in [6.07, 6.45) is 3.19. The van der Waals surface area contributed by atoms with Gasteiger partial charge in [0.05, 0.1) is 11.7 Å². The Morgan fingerprint density at radius 2 is 2.25 bits per heavy atom. The molecule has 2 heterocycles. The van der Waals surface area contributed by atoms with Crippen molar-refractivity contribution in [2.75, 3.05) is 5.73 Å². The Labute approximate surface area is 90.5 Å². The highest BCUT2D eigenvalue weighted by molar-refractivity contribution is 5.99. The van der Waals surface area contributed by atoms with E-state index in [0.717, 1.165) is 10.9 Å². The molecule has 2 aromatic heterocycles. The summed E-state index contributed by atoms with van der Waals surface area (Å²) < 4.78 is 5.08. The fourth-order valence-electron chi connectivity index (χ4n) is 1.78. The molecule has 0 radical (unpaired) electrons. The molecule has 0 fully saturated rings. The standard InChI is InChI=1S/C11H9N3O2/c12-8-5-14-16-11(8)7-4-13-10-6(7)2-1-3-9(10)15/h1-5,13,15H,12H2. The second-order valence-electron chi connectivity index (χ2n) is 3.51. The molecule has 0 atom stereocenters. The molecule has 1 aromatic carbocycles. The highest BCUT2D eigenvalue weighted by Gasteiger charge is 2.14. The summed E-state index contributed by atoms with van der Waals surface area (Å²) in [5.74, 6) is 0.707. The first-order valence-electron chi connectivity index (χ1n) is 4.77. The van der Waals surface area contributed by atoms with Crippen LogP contribution >= 0.6 is 0 Å². The van der Waals surface area contributed by atoms with E-state index in [1.807, 2.05) is 6.07 Å². The number of para-hydroxylation sites is 1. The van der Waals surface area contributed by atoms with Crippen molar-refractivity contribution < 1.29 is 9.63 Å². The Hall–Kier alpha value is -2.43. The summed E-state index contributed by atoms with van der Waals surface area (Å²) in [4.78, 5) is 2.98. The summed E-state index contributed by atoms with van der Waals surface area (Å²) in [7, 11) is 0. The summed E-state index contributed by atoms with van der Waals surface area (Å²) >= 11 is 0. The number of benzene rings is 1. The Morgan fingerprint density at radius 1 is 1.38 bits per heavy atom. The number of nitrogen functional groups attached to an aromatic ring is 1. The van der Waals surface area contributed by atoms with Crippen molar-refractivity contribution in [3.05, 3.63) is 30.6 Å². The Morgan fingerprint density at radius 3 is 3.00 bits per heavy atom. The number of rotatable bonds is 1. The topological polar surface area (TPSA) is 88.1 Å². The van der Waals surface area contributed by atoms with Gasteiger partial charge in [0.1, 0.15) is 11.4 Å². The largest absolute Gasteiger partial charge is 0.506 e. The molecular weight excluding hydrogens is 206 g/mol. The van der Waals surface area contributed by atoms with E-state index in [2.05, 4.69) is 10.1 Å². The monoisotopic (exact) mass is 215 g/mol. The molecule has 3 aromatic rings. The number of nitrogens with two attached hydrogens (primary N) is 1. The van der Waals surface area contributed by atoms with Gasteiger partial charge >= 0.3 is 0 Å². The van der Waals surface area contributed by atoms with Gasteiger partial charge in [-0.3, -0.25) is 0 Å². The predicted molar refractivity (Wildman–Crippen MR) is 59.9 cm³/mol. The average Bonchev–Trinajstić information content (AvgIpc) is 2.84. The number of hydrogen-bond acceptors (Lipinski definition) is 4. The predicted octanol–water partition coefficient (Wildman–Crippen LogP) is 2.11. The van der Waals surface area contributed by atoms with Crippen LogP contribution in [0.2, 0.25) is 0 Å². The van der Waals surface area contributed by atoms with Gasteiger partial charge in [0.15, 0.2) is 5.76 Å². The highest BCUT2D eigenvalue weighted by Crippen LogP contribution is 2.35. The number of phenols is 1. The number of H-pyrrole nitrogens is 1. The molecule has 0 amide bonds. The summed E-state index contributed by atoms with van der Waals surface area (Å²) in [5.41, 5.74) is 7.66. The summed E-state index contributed by atoms with van der Waals surface area (Å²) in [6, 6.07) is 5.26. The van der Waals surface area contributed by atoms with Crippen LogP contribution in [0.5, 0.6) is 5.75 Å². The number of aromatic nitrogens is 2. The molecule has 0 aliphatic rings. The maximum Gasteiger partial charge on any atom is 0.191 e. The molecule has 4 N–H and O–H groups in total. The third-order valence-electron chi connectivity index (χ3n) is 2.54. The van der Waals surface area contributed by atoms with Gasteiger partial charge in [-0.25, -0.2) is 0 Å². The first kappa shape index (κ1) is 8.84. The molecular formula is C11H9N3O2. The fourth-order valence-corrected chi connectivity index (χ4v) is 1.78. The SMILES string of the molecule is Nc1cnoc1-c1c[nH]c2c(O)cccc12. The summed E-state index contributed by atoms with van der Waals surface area (Å²) in [5, 5.41) is 14.1. The zero-order valence-corrected chi connectivity index (χ0v) is 8.27. The second kappa shape index (κ2) is 3.03. The molecule has 0 spiro atoms. The quantitative estimate of drug-likeness (QED) is 0.580. The average molecular weight is 215 g/mol. The lowest BCUT2D eigenvalue weighted by molar-refractivity contribution is 0.433. The number of nitrogens with zero attached hydrogens (tertiary/aromatic N) is 1. The van der Waals surface area contributed by atoms with Crippen molar-refractivity contribution in [2.24, 2.45) is 0 Å². The zero-order chi connectivity index (χ0) is 11.1. The molecule has 0 aliphatic carbocycles. The Bertz CT molecular complexity index is 654. The third-order valence-corrected chi connectivity index (χ3v) is 2.54. The number of phenolic OH excluding ortho intramolecular Hbond substituents is 1. The van der Waals surface area contributed by atoms with Gasteiger partial charge in [-0.1, -0.05) is 17.3 Å².